The molecule has 0 aromatic carbocycles. The molecule has 2 heterocycles. The quantitative estimate of drug-likeness (QED) is 0.821. The second kappa shape index (κ2) is 4.44. The van der Waals surface area contributed by atoms with Crippen molar-refractivity contribution in [3.05, 3.63) is 29.2 Å². The molecule has 0 saturated heterocycles. The maximum absolute atomic E-state index is 5.21. The zero-order chi connectivity index (χ0) is 11.5. The molecule has 86 valence electrons. The molecule has 0 radical (unpaired) electrons. The monoisotopic (exact) mass is 221 g/mol. The fraction of sp³-hybridized carbons (Fsp3) is 0.500. The number of nitrogens with one attached hydrogen (secondary N) is 1. The molecule has 0 aliphatic heterocycles. The molecule has 0 unspecified atom stereocenters. The van der Waals surface area contributed by atoms with E-state index in [1.54, 1.807) is 4.68 Å². The van der Waals surface area contributed by atoms with Gasteiger partial charge in [-0.25, -0.2) is 9.67 Å². The smallest absolute Gasteiger partial charge is 0.158 e. The molecule has 6 nitrogen and oxygen atoms in total. The molecule has 0 saturated carbocycles. The van der Waals surface area contributed by atoms with Crippen molar-refractivity contribution >= 4 is 0 Å². The van der Waals surface area contributed by atoms with Crippen molar-refractivity contribution in [3.63, 3.8) is 0 Å². The minimum atomic E-state index is 0.573. The molecule has 0 spiro atoms. The third kappa shape index (κ3) is 2.27. The van der Waals surface area contributed by atoms with Gasteiger partial charge >= 0.3 is 0 Å². The zero-order valence-corrected chi connectivity index (χ0v) is 9.69. The van der Waals surface area contributed by atoms with E-state index >= 15 is 0 Å². The maximum atomic E-state index is 5.21. The highest BCUT2D eigenvalue weighted by Gasteiger charge is 2.07. The standard InChI is InChI=1S/C10H15N5O/c1-7-12-8(2)15(13-7)6-10-4-9(5-11-3)14-16-10/h4,11H,5-6H2,1-3H3. The predicted octanol–water partition coefficient (Wildman–Crippen LogP) is 0.651. The molecule has 0 aliphatic rings. The summed E-state index contributed by atoms with van der Waals surface area (Å²) in [7, 11) is 1.87. The summed E-state index contributed by atoms with van der Waals surface area (Å²) in [6.07, 6.45) is 0. The first-order valence-electron chi connectivity index (χ1n) is 5.16. The highest BCUT2D eigenvalue weighted by Crippen LogP contribution is 2.07. The Bertz CT molecular complexity index is 473. The van der Waals surface area contributed by atoms with Crippen molar-refractivity contribution in [2.24, 2.45) is 0 Å². The number of hydrogen-bond donors (Lipinski definition) is 1. The van der Waals surface area contributed by atoms with Gasteiger partial charge in [0.2, 0.25) is 0 Å². The fourth-order valence-electron chi connectivity index (χ4n) is 1.55. The van der Waals surface area contributed by atoms with Crippen molar-refractivity contribution in [2.75, 3.05) is 7.05 Å². The molecule has 0 fully saturated rings. The van der Waals surface area contributed by atoms with Gasteiger partial charge in [-0.05, 0) is 20.9 Å². The van der Waals surface area contributed by atoms with Gasteiger partial charge in [0.05, 0.1) is 5.69 Å². The Hall–Kier alpha value is -1.69. The summed E-state index contributed by atoms with van der Waals surface area (Å²) >= 11 is 0. The highest BCUT2D eigenvalue weighted by molar-refractivity contribution is 5.06. The van der Waals surface area contributed by atoms with Gasteiger partial charge in [0.1, 0.15) is 18.2 Å². The van der Waals surface area contributed by atoms with Crippen LogP contribution < -0.4 is 5.32 Å². The molecular formula is C10H15N5O. The van der Waals surface area contributed by atoms with E-state index in [1.807, 2.05) is 27.0 Å². The topological polar surface area (TPSA) is 68.8 Å². The van der Waals surface area contributed by atoms with Crippen LogP contribution >= 0.6 is 0 Å². The highest BCUT2D eigenvalue weighted by atomic mass is 16.5. The first-order valence-corrected chi connectivity index (χ1v) is 5.16. The van der Waals surface area contributed by atoms with Gasteiger partial charge in [0.15, 0.2) is 5.76 Å². The van der Waals surface area contributed by atoms with Crippen LogP contribution in [0.3, 0.4) is 0 Å². The molecule has 2 rings (SSSR count). The molecule has 2 aromatic heterocycles. The maximum Gasteiger partial charge on any atom is 0.158 e. The molecule has 0 atom stereocenters. The van der Waals surface area contributed by atoms with Crippen molar-refractivity contribution in [2.45, 2.75) is 26.9 Å². The Kier molecular flexibility index (Phi) is 3.00. The van der Waals surface area contributed by atoms with Crippen LogP contribution in [0.2, 0.25) is 0 Å². The number of aromatic nitrogens is 4. The van der Waals surface area contributed by atoms with Gasteiger partial charge in [-0.15, -0.1) is 0 Å². The lowest BCUT2D eigenvalue weighted by Gasteiger charge is -1.97. The van der Waals surface area contributed by atoms with Gasteiger partial charge in [-0.1, -0.05) is 5.16 Å². The molecule has 16 heavy (non-hydrogen) atoms. The van der Waals surface area contributed by atoms with Crippen LogP contribution in [0.5, 0.6) is 0 Å². The zero-order valence-electron chi connectivity index (χ0n) is 9.69. The lowest BCUT2D eigenvalue weighted by molar-refractivity contribution is 0.363. The molecule has 0 amide bonds. The number of hydrogen-bond acceptors (Lipinski definition) is 5. The second-order valence-corrected chi connectivity index (χ2v) is 3.68. The third-order valence-corrected chi connectivity index (χ3v) is 2.23. The van der Waals surface area contributed by atoms with Crippen LogP contribution in [-0.4, -0.2) is 27.0 Å². The van der Waals surface area contributed by atoms with E-state index in [-0.39, 0.29) is 0 Å². The van der Waals surface area contributed by atoms with Crippen LogP contribution in [0.15, 0.2) is 10.6 Å². The minimum Gasteiger partial charge on any atom is -0.359 e. The molecule has 0 bridgehead atoms. The minimum absolute atomic E-state index is 0.573. The summed E-state index contributed by atoms with van der Waals surface area (Å²) in [5.74, 6) is 2.44. The van der Waals surface area contributed by atoms with Crippen molar-refractivity contribution in [1.82, 2.24) is 25.2 Å². The number of aryl methyl sites for hydroxylation is 2. The largest absolute Gasteiger partial charge is 0.359 e. The normalized spacial score (nSPS) is 10.9. The van der Waals surface area contributed by atoms with Gasteiger partial charge in [0, 0.05) is 12.6 Å². The number of rotatable bonds is 4. The van der Waals surface area contributed by atoms with E-state index in [9.17, 15) is 0 Å². The van der Waals surface area contributed by atoms with E-state index in [1.165, 1.54) is 0 Å². The number of nitrogens with zero attached hydrogens (tertiary/aromatic N) is 4. The van der Waals surface area contributed by atoms with Gasteiger partial charge < -0.3 is 9.84 Å². The van der Waals surface area contributed by atoms with Gasteiger partial charge in [-0.3, -0.25) is 0 Å². The molecule has 6 heteroatoms. The lowest BCUT2D eigenvalue weighted by Crippen LogP contribution is -2.05. The average molecular weight is 221 g/mol. The third-order valence-electron chi connectivity index (χ3n) is 2.23. The summed E-state index contributed by atoms with van der Waals surface area (Å²) in [4.78, 5) is 4.23. The van der Waals surface area contributed by atoms with E-state index in [0.29, 0.717) is 13.1 Å². The summed E-state index contributed by atoms with van der Waals surface area (Å²) in [5, 5.41) is 11.2. The van der Waals surface area contributed by atoms with Crippen molar-refractivity contribution in [3.8, 4) is 0 Å². The predicted molar refractivity (Wildman–Crippen MR) is 57.9 cm³/mol. The summed E-state index contributed by atoms with van der Waals surface area (Å²) in [6.45, 7) is 5.07. The summed E-state index contributed by atoms with van der Waals surface area (Å²) in [6, 6.07) is 1.92. The lowest BCUT2D eigenvalue weighted by atomic mass is 10.3. The molecule has 2 aromatic rings. The van der Waals surface area contributed by atoms with E-state index < -0.39 is 0 Å². The molecule has 1 N–H and O–H groups in total. The first kappa shape index (κ1) is 10.8. The SMILES string of the molecule is CNCc1cc(Cn2nc(C)nc2C)on1. The van der Waals surface area contributed by atoms with E-state index in [2.05, 4.69) is 20.6 Å². The summed E-state index contributed by atoms with van der Waals surface area (Å²) in [5.41, 5.74) is 0.895. The van der Waals surface area contributed by atoms with Crippen molar-refractivity contribution < 1.29 is 4.52 Å². The van der Waals surface area contributed by atoms with Crippen LogP contribution in [0.25, 0.3) is 0 Å². The Morgan fingerprint density at radius 1 is 1.44 bits per heavy atom. The fourth-order valence-corrected chi connectivity index (χ4v) is 1.55. The molecular weight excluding hydrogens is 206 g/mol. The Balaban J connectivity index is 2.11. The van der Waals surface area contributed by atoms with Crippen LogP contribution in [0, 0.1) is 13.8 Å². The van der Waals surface area contributed by atoms with Crippen LogP contribution in [0.1, 0.15) is 23.1 Å². The molecule has 0 aliphatic carbocycles. The average Bonchev–Trinajstić information content (AvgIpc) is 2.76. The van der Waals surface area contributed by atoms with Crippen LogP contribution in [-0.2, 0) is 13.1 Å². The Morgan fingerprint density at radius 2 is 2.25 bits per heavy atom. The van der Waals surface area contributed by atoms with E-state index in [0.717, 1.165) is 23.1 Å². The van der Waals surface area contributed by atoms with Crippen LogP contribution in [0.4, 0.5) is 0 Å². The van der Waals surface area contributed by atoms with Gasteiger partial charge in [-0.2, -0.15) is 5.10 Å². The Labute approximate surface area is 93.7 Å². The Morgan fingerprint density at radius 3 is 2.88 bits per heavy atom. The van der Waals surface area contributed by atoms with Crippen molar-refractivity contribution in [1.29, 1.82) is 0 Å². The second-order valence-electron chi connectivity index (χ2n) is 3.68. The first-order chi connectivity index (χ1) is 7.69. The van der Waals surface area contributed by atoms with E-state index in [4.69, 9.17) is 4.52 Å². The summed E-state index contributed by atoms with van der Waals surface area (Å²) < 4.78 is 7.01. The van der Waals surface area contributed by atoms with Gasteiger partial charge in [0.25, 0.3) is 0 Å².